The molecule has 4 rings (SSSR count). The minimum Gasteiger partial charge on any atom is -0.481 e. The van der Waals surface area contributed by atoms with Gasteiger partial charge in [0.15, 0.2) is 11.5 Å². The minimum absolute atomic E-state index is 0.193. The zero-order valence-corrected chi connectivity index (χ0v) is 15.9. The number of anilines is 1. The Kier molecular flexibility index (Phi) is 5.23. The lowest BCUT2D eigenvalue weighted by Gasteiger charge is -2.11. The van der Waals surface area contributed by atoms with Gasteiger partial charge in [-0.15, -0.1) is 5.10 Å². The SMILES string of the molecule is NCc1ccc(-c2nc(C(=O)Nc3ccccc3CC(=O)O)c3cccn3n2)cc1. The third-order valence-corrected chi connectivity index (χ3v) is 4.66. The van der Waals surface area contributed by atoms with Gasteiger partial charge in [0.25, 0.3) is 5.91 Å². The van der Waals surface area contributed by atoms with Crippen molar-refractivity contribution in [2.45, 2.75) is 13.0 Å². The number of fused-ring (bicyclic) bond motifs is 1. The highest BCUT2D eigenvalue weighted by atomic mass is 16.4. The van der Waals surface area contributed by atoms with Crippen LogP contribution in [-0.4, -0.2) is 31.6 Å². The molecule has 1 amide bonds. The van der Waals surface area contributed by atoms with Crippen LogP contribution in [0.3, 0.4) is 0 Å². The molecule has 0 spiro atoms. The molecule has 8 heteroatoms. The van der Waals surface area contributed by atoms with Gasteiger partial charge in [0.1, 0.15) is 0 Å². The fourth-order valence-electron chi connectivity index (χ4n) is 3.15. The Morgan fingerprint density at radius 2 is 1.80 bits per heavy atom. The zero-order chi connectivity index (χ0) is 21.1. The number of nitrogens with zero attached hydrogens (tertiary/aromatic N) is 3. The average molecular weight is 401 g/mol. The Morgan fingerprint density at radius 1 is 1.03 bits per heavy atom. The van der Waals surface area contributed by atoms with Gasteiger partial charge < -0.3 is 16.2 Å². The Bertz CT molecular complexity index is 1230. The van der Waals surface area contributed by atoms with Crippen LogP contribution in [0.5, 0.6) is 0 Å². The summed E-state index contributed by atoms with van der Waals surface area (Å²) in [5.41, 5.74) is 9.07. The predicted octanol–water partition coefficient (Wildman–Crippen LogP) is 2.73. The maximum Gasteiger partial charge on any atom is 0.307 e. The van der Waals surface area contributed by atoms with Crippen molar-refractivity contribution >= 4 is 23.1 Å². The molecule has 0 atom stereocenters. The lowest BCUT2D eigenvalue weighted by molar-refractivity contribution is -0.136. The smallest absolute Gasteiger partial charge is 0.307 e. The number of rotatable bonds is 6. The van der Waals surface area contributed by atoms with Gasteiger partial charge in [0.05, 0.1) is 11.9 Å². The number of hydrogen-bond acceptors (Lipinski definition) is 5. The van der Waals surface area contributed by atoms with Crippen LogP contribution in [0.1, 0.15) is 21.6 Å². The maximum atomic E-state index is 13.1. The van der Waals surface area contributed by atoms with Gasteiger partial charge in [-0.25, -0.2) is 9.50 Å². The number of nitrogens with one attached hydrogen (secondary N) is 1. The number of carboxylic acid groups (broad SMARTS) is 1. The first-order valence-electron chi connectivity index (χ1n) is 9.31. The lowest BCUT2D eigenvalue weighted by atomic mass is 10.1. The van der Waals surface area contributed by atoms with E-state index in [4.69, 9.17) is 10.8 Å². The quantitative estimate of drug-likeness (QED) is 0.457. The summed E-state index contributed by atoms with van der Waals surface area (Å²) >= 11 is 0. The second-order valence-corrected chi connectivity index (χ2v) is 6.70. The highest BCUT2D eigenvalue weighted by Gasteiger charge is 2.18. The van der Waals surface area contributed by atoms with E-state index in [9.17, 15) is 9.59 Å². The lowest BCUT2D eigenvalue weighted by Crippen LogP contribution is -2.18. The number of hydrogen-bond donors (Lipinski definition) is 3. The van der Waals surface area contributed by atoms with Gasteiger partial charge in [0, 0.05) is 24.0 Å². The van der Waals surface area contributed by atoms with Crippen LogP contribution < -0.4 is 11.1 Å². The first-order valence-corrected chi connectivity index (χ1v) is 9.31. The van der Waals surface area contributed by atoms with Crippen LogP contribution in [0, 0.1) is 0 Å². The Labute approximate surface area is 172 Å². The summed E-state index contributed by atoms with van der Waals surface area (Å²) in [5.74, 6) is -1.03. The first kappa shape index (κ1) is 19.3. The summed E-state index contributed by atoms with van der Waals surface area (Å²) in [6.45, 7) is 0.432. The molecule has 0 saturated carbocycles. The van der Waals surface area contributed by atoms with Crippen molar-refractivity contribution in [1.29, 1.82) is 0 Å². The van der Waals surface area contributed by atoms with Gasteiger partial charge in [0.2, 0.25) is 0 Å². The molecule has 0 aliphatic rings. The zero-order valence-electron chi connectivity index (χ0n) is 15.9. The number of carboxylic acids is 1. The number of amides is 1. The predicted molar refractivity (Wildman–Crippen MR) is 112 cm³/mol. The van der Waals surface area contributed by atoms with Crippen molar-refractivity contribution in [2.75, 3.05) is 5.32 Å². The Morgan fingerprint density at radius 3 is 2.53 bits per heavy atom. The molecule has 150 valence electrons. The van der Waals surface area contributed by atoms with Gasteiger partial charge in [-0.05, 0) is 29.3 Å². The summed E-state index contributed by atoms with van der Waals surface area (Å²) in [5, 5.41) is 16.4. The van der Waals surface area contributed by atoms with Crippen molar-refractivity contribution in [3.8, 4) is 11.4 Å². The number of aromatic nitrogens is 3. The van der Waals surface area contributed by atoms with E-state index in [1.54, 1.807) is 47.1 Å². The largest absolute Gasteiger partial charge is 0.481 e. The number of benzene rings is 2. The first-order chi connectivity index (χ1) is 14.5. The number of aliphatic carboxylic acids is 1. The van der Waals surface area contributed by atoms with Gasteiger partial charge in [-0.1, -0.05) is 42.5 Å². The minimum atomic E-state index is -0.976. The van der Waals surface area contributed by atoms with Crippen molar-refractivity contribution in [1.82, 2.24) is 14.6 Å². The van der Waals surface area contributed by atoms with E-state index in [1.807, 2.05) is 24.3 Å². The second kappa shape index (κ2) is 8.14. The van der Waals surface area contributed by atoms with Crippen molar-refractivity contribution < 1.29 is 14.7 Å². The van der Waals surface area contributed by atoms with Crippen molar-refractivity contribution in [3.05, 3.63) is 83.7 Å². The fraction of sp³-hybridized carbons (Fsp3) is 0.0909. The van der Waals surface area contributed by atoms with E-state index in [2.05, 4.69) is 15.4 Å². The topological polar surface area (TPSA) is 123 Å². The van der Waals surface area contributed by atoms with Gasteiger partial charge in [-0.2, -0.15) is 0 Å². The Hall–Kier alpha value is -4.04. The summed E-state index contributed by atoms with van der Waals surface area (Å²) in [7, 11) is 0. The Balaban J connectivity index is 1.72. The van der Waals surface area contributed by atoms with Crippen LogP contribution in [-0.2, 0) is 17.8 Å². The molecule has 0 unspecified atom stereocenters. The number of carbonyl (C=O) groups excluding carboxylic acids is 1. The molecule has 0 bridgehead atoms. The van der Waals surface area contributed by atoms with E-state index in [0.717, 1.165) is 11.1 Å². The average Bonchev–Trinajstić information content (AvgIpc) is 3.23. The molecule has 0 radical (unpaired) electrons. The van der Waals surface area contributed by atoms with E-state index >= 15 is 0 Å². The van der Waals surface area contributed by atoms with Crippen LogP contribution >= 0.6 is 0 Å². The molecule has 2 aromatic carbocycles. The van der Waals surface area contributed by atoms with Crippen LogP contribution in [0.2, 0.25) is 0 Å². The van der Waals surface area contributed by atoms with Crippen LogP contribution in [0.4, 0.5) is 5.69 Å². The van der Waals surface area contributed by atoms with Crippen LogP contribution in [0.15, 0.2) is 66.9 Å². The molecule has 4 aromatic rings. The molecule has 0 aliphatic heterocycles. The molecular formula is C22H19N5O3. The standard InChI is InChI=1S/C22H19N5O3/c23-13-14-7-9-15(10-8-14)21-25-20(18-6-3-11-27(18)26-21)22(30)24-17-5-2-1-4-16(17)12-19(28)29/h1-11H,12-13,23H2,(H,24,30)(H,28,29). The van der Waals surface area contributed by atoms with E-state index < -0.39 is 11.9 Å². The molecule has 0 fully saturated rings. The highest BCUT2D eigenvalue weighted by molar-refractivity contribution is 6.08. The summed E-state index contributed by atoms with van der Waals surface area (Å²) < 4.78 is 1.59. The molecular weight excluding hydrogens is 382 g/mol. The van der Waals surface area contributed by atoms with E-state index in [1.165, 1.54) is 0 Å². The summed E-state index contributed by atoms with van der Waals surface area (Å²) in [4.78, 5) is 28.7. The van der Waals surface area contributed by atoms with Gasteiger partial charge >= 0.3 is 5.97 Å². The van der Waals surface area contributed by atoms with E-state index in [-0.39, 0.29) is 12.1 Å². The fourth-order valence-corrected chi connectivity index (χ4v) is 3.15. The molecule has 2 heterocycles. The normalized spacial score (nSPS) is 10.8. The molecule has 8 nitrogen and oxygen atoms in total. The van der Waals surface area contributed by atoms with Crippen LogP contribution in [0.25, 0.3) is 16.9 Å². The van der Waals surface area contributed by atoms with Crippen molar-refractivity contribution in [2.24, 2.45) is 5.73 Å². The van der Waals surface area contributed by atoms with Gasteiger partial charge in [-0.3, -0.25) is 9.59 Å². The molecule has 4 N–H and O–H groups in total. The second-order valence-electron chi connectivity index (χ2n) is 6.70. The third kappa shape index (κ3) is 3.89. The number of para-hydroxylation sites is 1. The molecule has 30 heavy (non-hydrogen) atoms. The number of nitrogens with two attached hydrogens (primary N) is 1. The maximum absolute atomic E-state index is 13.1. The molecule has 2 aromatic heterocycles. The summed E-state index contributed by atoms with van der Waals surface area (Å²) in [6.07, 6.45) is 1.55. The summed E-state index contributed by atoms with van der Waals surface area (Å²) in [6, 6.07) is 17.8. The monoisotopic (exact) mass is 401 g/mol. The van der Waals surface area contributed by atoms with E-state index in [0.29, 0.717) is 29.1 Å². The highest BCUT2D eigenvalue weighted by Crippen LogP contribution is 2.21. The molecule has 0 saturated heterocycles. The molecule has 0 aliphatic carbocycles. The van der Waals surface area contributed by atoms with Crippen molar-refractivity contribution in [3.63, 3.8) is 0 Å². The number of carbonyl (C=O) groups is 2. The third-order valence-electron chi connectivity index (χ3n) is 4.66.